The highest BCUT2D eigenvalue weighted by atomic mass is 28.3. The molecule has 16 heteroatoms. The minimum atomic E-state index is -1.31. The van der Waals surface area contributed by atoms with Crippen LogP contribution in [0.25, 0.3) is 61.1 Å². The van der Waals surface area contributed by atoms with E-state index >= 15 is 0 Å². The van der Waals surface area contributed by atoms with Gasteiger partial charge in [-0.05, 0) is 76.5 Å². The van der Waals surface area contributed by atoms with Gasteiger partial charge in [0.15, 0.2) is 0 Å². The van der Waals surface area contributed by atoms with Gasteiger partial charge in [0.05, 0.1) is 46.0 Å². The molecule has 1 aliphatic rings. The molecule has 3 amide bonds. The molecule has 0 N–H and O–H groups in total. The Morgan fingerprint density at radius 3 is 2.47 bits per heavy atom. The topological polar surface area (TPSA) is 151 Å². The molecule has 9 rings (SSSR count). The number of amides is 3. The Morgan fingerprint density at radius 1 is 0.859 bits per heavy atom. The summed E-state index contributed by atoms with van der Waals surface area (Å²) in [6.07, 6.45) is 9.15. The van der Waals surface area contributed by atoms with Crippen LogP contribution in [0, 0.1) is 11.8 Å². The number of rotatable bonds is 11. The van der Waals surface area contributed by atoms with E-state index in [1.807, 2.05) is 50.8 Å². The van der Waals surface area contributed by atoms with Crippen molar-refractivity contribution >= 4 is 53.0 Å². The number of imide groups is 1. The minimum Gasteiger partial charge on any atom is -0.361 e. The molecule has 1 fully saturated rings. The Bertz CT molecular complexity index is 3240. The molecule has 0 unspecified atom stereocenters. The van der Waals surface area contributed by atoms with Gasteiger partial charge in [-0.1, -0.05) is 68.7 Å². The Morgan fingerprint density at radius 2 is 1.69 bits per heavy atom. The first-order valence-electron chi connectivity index (χ1n) is 21.4. The number of aryl methyl sites for hydroxylation is 2. The van der Waals surface area contributed by atoms with Gasteiger partial charge in [0.25, 0.3) is 0 Å². The summed E-state index contributed by atoms with van der Waals surface area (Å²) in [7, 11) is 2.34. The molecule has 1 aliphatic heterocycles. The van der Waals surface area contributed by atoms with Crippen LogP contribution in [-0.4, -0.2) is 88.5 Å². The van der Waals surface area contributed by atoms with Crippen molar-refractivity contribution in [3.8, 4) is 45.6 Å². The van der Waals surface area contributed by atoms with Gasteiger partial charge in [-0.15, -0.1) is 5.10 Å². The monoisotopic (exact) mass is 871 g/mol. The van der Waals surface area contributed by atoms with Crippen molar-refractivity contribution in [3.05, 3.63) is 113 Å². The number of imidazole rings is 1. The molecule has 2 aromatic carbocycles. The molecule has 64 heavy (non-hydrogen) atoms. The molecule has 0 atom stereocenters. The predicted molar refractivity (Wildman–Crippen MR) is 250 cm³/mol. The number of hydrogen-bond donors (Lipinski definition) is 0. The summed E-state index contributed by atoms with van der Waals surface area (Å²) in [5.41, 5.74) is 10.0. The number of aromatic nitrogens is 9. The lowest BCUT2D eigenvalue weighted by atomic mass is 9.93. The first-order chi connectivity index (χ1) is 30.7. The van der Waals surface area contributed by atoms with Gasteiger partial charge in [-0.25, -0.2) is 23.7 Å². The maximum Gasteiger partial charge on any atom is 0.333 e. The lowest BCUT2D eigenvalue weighted by molar-refractivity contribution is -0.133. The zero-order valence-electron chi connectivity index (χ0n) is 37.0. The number of fused-ring (bicyclic) bond motifs is 3. The fourth-order valence-corrected chi connectivity index (χ4v) is 8.86. The number of anilines is 1. The van der Waals surface area contributed by atoms with Crippen molar-refractivity contribution in [2.75, 3.05) is 24.8 Å². The molecule has 1 saturated heterocycles. The van der Waals surface area contributed by atoms with Crippen molar-refractivity contribution in [1.29, 1.82) is 0 Å². The van der Waals surface area contributed by atoms with Crippen LogP contribution in [0.1, 0.15) is 37.3 Å². The van der Waals surface area contributed by atoms with Gasteiger partial charge in [0.1, 0.15) is 19.0 Å². The third-order valence-corrected chi connectivity index (χ3v) is 13.4. The second-order valence-electron chi connectivity index (χ2n) is 17.7. The highest BCUT2D eigenvalue weighted by Crippen LogP contribution is 2.36. The zero-order valence-corrected chi connectivity index (χ0v) is 38.0. The Labute approximate surface area is 370 Å². The number of benzene rings is 2. The molecule has 15 nitrogen and oxygen atoms in total. The van der Waals surface area contributed by atoms with E-state index < -0.39 is 14.1 Å². The van der Waals surface area contributed by atoms with Crippen molar-refractivity contribution in [2.24, 2.45) is 14.1 Å². The van der Waals surface area contributed by atoms with Gasteiger partial charge in [0, 0.05) is 76.8 Å². The highest BCUT2D eigenvalue weighted by Gasteiger charge is 2.34. The summed E-state index contributed by atoms with van der Waals surface area (Å²) < 4.78 is 12.6. The average molecular weight is 872 g/mol. The van der Waals surface area contributed by atoms with Gasteiger partial charge in [-0.2, -0.15) is 5.10 Å². The third-order valence-electron chi connectivity index (χ3n) is 11.7. The summed E-state index contributed by atoms with van der Waals surface area (Å²) in [5, 5.41) is 15.2. The van der Waals surface area contributed by atoms with Gasteiger partial charge >= 0.3 is 11.7 Å². The summed E-state index contributed by atoms with van der Waals surface area (Å²) in [6.45, 7) is 12.1. The molecule has 0 bridgehead atoms. The Hall–Kier alpha value is -7.22. The van der Waals surface area contributed by atoms with Gasteiger partial charge in [0.2, 0.25) is 5.91 Å². The molecule has 324 valence electrons. The van der Waals surface area contributed by atoms with E-state index in [1.165, 1.54) is 4.90 Å². The van der Waals surface area contributed by atoms with Crippen LogP contribution < -0.4 is 10.6 Å². The molecule has 7 heterocycles. The van der Waals surface area contributed by atoms with Crippen LogP contribution >= 0.6 is 0 Å². The number of urea groups is 1. The molecular formula is C48H49N11O4Si. The first kappa shape index (κ1) is 42.1. The first-order valence-corrected chi connectivity index (χ1v) is 25.1. The van der Waals surface area contributed by atoms with Crippen LogP contribution in [0.3, 0.4) is 0 Å². The normalized spacial score (nSPS) is 13.5. The van der Waals surface area contributed by atoms with E-state index in [0.717, 1.165) is 61.4 Å². The number of pyridine rings is 3. The van der Waals surface area contributed by atoms with Crippen molar-refractivity contribution in [3.63, 3.8) is 0 Å². The van der Waals surface area contributed by atoms with E-state index in [2.05, 4.69) is 97.1 Å². The quantitative estimate of drug-likeness (QED) is 0.0724. The lowest BCUT2D eigenvalue weighted by Crippen LogP contribution is -2.53. The lowest BCUT2D eigenvalue weighted by Gasteiger charge is -2.33. The van der Waals surface area contributed by atoms with Crippen LogP contribution in [0.15, 0.2) is 96.4 Å². The van der Waals surface area contributed by atoms with E-state index in [-0.39, 0.29) is 37.2 Å². The molecule has 0 aliphatic carbocycles. The van der Waals surface area contributed by atoms with Crippen LogP contribution in [-0.2, 0) is 30.2 Å². The average Bonchev–Trinajstić information content (AvgIpc) is 3.99. The van der Waals surface area contributed by atoms with E-state index in [1.54, 1.807) is 41.8 Å². The molecule has 0 radical (unpaired) electrons. The van der Waals surface area contributed by atoms with Crippen LogP contribution in [0.5, 0.6) is 0 Å². The van der Waals surface area contributed by atoms with Gasteiger partial charge < -0.3 is 4.74 Å². The Kier molecular flexibility index (Phi) is 11.1. The summed E-state index contributed by atoms with van der Waals surface area (Å²) in [6, 6.07) is 20.8. The largest absolute Gasteiger partial charge is 0.361 e. The fraction of sp³-hybridized carbons (Fsp3) is 0.292. The predicted octanol–water partition coefficient (Wildman–Crippen LogP) is 7.71. The maximum atomic E-state index is 13.5. The molecule has 8 aromatic rings. The highest BCUT2D eigenvalue weighted by molar-refractivity contribution is 6.76. The molecule has 6 aromatic heterocycles. The van der Waals surface area contributed by atoms with E-state index in [4.69, 9.17) is 14.7 Å². The summed E-state index contributed by atoms with van der Waals surface area (Å²) in [4.78, 5) is 51.4. The second-order valence-corrected chi connectivity index (χ2v) is 23.4. The van der Waals surface area contributed by atoms with Crippen LogP contribution in [0.2, 0.25) is 25.7 Å². The van der Waals surface area contributed by atoms with Crippen molar-refractivity contribution in [2.45, 2.75) is 58.4 Å². The number of nitrogens with zero attached hydrogens (tertiary/aromatic N) is 11. The molecule has 0 saturated carbocycles. The minimum absolute atomic E-state index is 0.0403. The van der Waals surface area contributed by atoms with E-state index in [9.17, 15) is 14.4 Å². The van der Waals surface area contributed by atoms with E-state index in [0.29, 0.717) is 35.7 Å². The smallest absolute Gasteiger partial charge is 0.333 e. The van der Waals surface area contributed by atoms with Gasteiger partial charge in [-0.3, -0.25) is 28.8 Å². The number of carbonyl (C=O) groups is 2. The summed E-state index contributed by atoms with van der Waals surface area (Å²) in [5.74, 6) is 6.35. The zero-order chi connectivity index (χ0) is 44.9. The summed E-state index contributed by atoms with van der Waals surface area (Å²) >= 11 is 0. The fourth-order valence-electron chi connectivity index (χ4n) is 8.10. The molecular weight excluding hydrogens is 823 g/mol. The number of hydrogen-bond acceptors (Lipinski definition) is 9. The standard InChI is InChI=1S/C48H49N11O4Si/c1-31(2)37-23-35(25-43-46(37)55(4)47(61)54(43)3)36-12-8-11-33-24-40(50-27-38(33)36)34-13-14-39(49-26-34)41-29-56(53-52-41)17-9-10-32-15-19-59-42(22-32)44(28-51-59)57-18-16-45(60)58(48(57)62)30-63-20-21-64(5,6)7/h8,11-15,19,22-29,31H,16-18,20-21,30H2,1-7H3. The SMILES string of the molecule is CC(C)c1cc(-c2cccc3cc(-c4ccc(-c5cn(CC#Cc6ccn7ncc(N8CCC(=O)N(COCC[Si](C)(C)C)C8=O)c7c6)nn5)nc4)ncc23)cc2c1n(C)c(=O)n2C. The Balaban J connectivity index is 0.878. The molecule has 0 spiro atoms. The van der Waals surface area contributed by atoms with Crippen molar-refractivity contribution < 1.29 is 14.3 Å². The second kappa shape index (κ2) is 16.8. The maximum absolute atomic E-state index is 13.5. The number of carbonyl (C=O) groups excluding carboxylic acids is 2. The van der Waals surface area contributed by atoms with Crippen molar-refractivity contribution in [1.82, 2.24) is 48.6 Å². The number of ether oxygens (including phenoxy) is 1. The van der Waals surface area contributed by atoms with Crippen LogP contribution in [0.4, 0.5) is 10.5 Å². The third kappa shape index (κ3) is 8.11.